The van der Waals surface area contributed by atoms with Crippen LogP contribution in [-0.2, 0) is 0 Å². The minimum absolute atomic E-state index is 0. The Labute approximate surface area is 100 Å². The summed E-state index contributed by atoms with van der Waals surface area (Å²) in [6.45, 7) is 12.2. The third kappa shape index (κ3) is 2.82. The van der Waals surface area contributed by atoms with Gasteiger partial charge >= 0.3 is 0 Å². The van der Waals surface area contributed by atoms with Crippen molar-refractivity contribution in [3.05, 3.63) is 29.8 Å². The number of nitriles is 1. The number of hydrogen-bond donors (Lipinski definition) is 0. The van der Waals surface area contributed by atoms with Crippen LogP contribution in [0.4, 0.5) is 0 Å². The summed E-state index contributed by atoms with van der Waals surface area (Å²) in [5.41, 5.74) is 0.763. The molecule has 0 atom stereocenters. The highest BCUT2D eigenvalue weighted by molar-refractivity contribution is 7.45. The molecule has 0 amide bonds. The van der Waals surface area contributed by atoms with Crippen molar-refractivity contribution in [2.24, 2.45) is 0 Å². The van der Waals surface area contributed by atoms with Crippen molar-refractivity contribution in [2.45, 2.75) is 32.7 Å². The monoisotopic (exact) mass is 251 g/mol. The van der Waals surface area contributed by atoms with E-state index in [-0.39, 0.29) is 5.48 Å². The topological polar surface area (TPSA) is 55.3 Å². The molecule has 16 heavy (non-hydrogen) atoms. The molecule has 1 aromatic rings. The Kier molecular flexibility index (Phi) is 4.68. The zero-order chi connectivity index (χ0) is 11.7. The fourth-order valence-corrected chi connectivity index (χ4v) is 6.36. The minimum Gasteiger partial charge on any atom is -0.412 e. The third-order valence-electron chi connectivity index (χ3n) is 3.61. The summed E-state index contributed by atoms with van der Waals surface area (Å²) >= 11 is 0. The quantitative estimate of drug-likeness (QED) is 0.742. The van der Waals surface area contributed by atoms with Gasteiger partial charge in [0.15, 0.2) is 0 Å². The first-order chi connectivity index (χ1) is 6.79. The molecule has 88 valence electrons. The summed E-state index contributed by atoms with van der Waals surface area (Å²) < 4.78 is 0. The smallest absolute Gasteiger partial charge is 0.0991 e. The first-order valence-electron chi connectivity index (χ1n) is 5.29. The van der Waals surface area contributed by atoms with Crippen LogP contribution in [0.5, 0.6) is 0 Å². The number of rotatable bonds is 2. The third-order valence-corrected chi connectivity index (χ3v) is 21.3. The lowest BCUT2D eigenvalue weighted by Crippen LogP contribution is -2.61. The molecule has 0 unspecified atom stereocenters. The maximum atomic E-state index is 8.76. The van der Waals surface area contributed by atoms with Crippen LogP contribution in [0.15, 0.2) is 24.3 Å². The Morgan fingerprint density at radius 3 is 1.69 bits per heavy atom. The van der Waals surface area contributed by atoms with E-state index in [0.717, 1.165) is 5.56 Å². The van der Waals surface area contributed by atoms with Crippen molar-refractivity contribution in [1.29, 1.82) is 5.26 Å². The summed E-state index contributed by atoms with van der Waals surface area (Å²) in [7, 11) is -2.38. The summed E-state index contributed by atoms with van der Waals surface area (Å²) in [6, 6.07) is 10.4. The lowest BCUT2D eigenvalue weighted by Gasteiger charge is -2.35. The molecule has 0 spiro atoms. The Bertz CT molecular complexity index is 385. The van der Waals surface area contributed by atoms with Crippen molar-refractivity contribution in [2.75, 3.05) is 0 Å². The van der Waals surface area contributed by atoms with Crippen LogP contribution in [0, 0.1) is 11.3 Å². The van der Waals surface area contributed by atoms with Gasteiger partial charge in [-0.1, -0.05) is 50.1 Å². The van der Waals surface area contributed by atoms with Gasteiger partial charge in [-0.05, 0) is 12.1 Å². The summed E-state index contributed by atoms with van der Waals surface area (Å²) in [5, 5.41) is 10.2. The van der Waals surface area contributed by atoms with Crippen LogP contribution >= 0.6 is 0 Å². The van der Waals surface area contributed by atoms with E-state index in [4.69, 9.17) is 5.26 Å². The zero-order valence-electron chi connectivity index (χ0n) is 10.8. The molecule has 0 aliphatic heterocycles. The molecule has 0 radical (unpaired) electrons. The van der Waals surface area contributed by atoms with Gasteiger partial charge in [-0.2, -0.15) is 5.26 Å². The predicted octanol–water partition coefficient (Wildman–Crippen LogP) is 2.07. The number of nitrogens with zero attached hydrogens (tertiary/aromatic N) is 1. The molecule has 0 saturated carbocycles. The molecule has 0 fully saturated rings. The van der Waals surface area contributed by atoms with Crippen LogP contribution in [0.2, 0.25) is 32.7 Å². The summed E-state index contributed by atoms with van der Waals surface area (Å²) in [5.74, 6) is 0. The fourth-order valence-electron chi connectivity index (χ4n) is 1.39. The maximum Gasteiger partial charge on any atom is 0.0991 e. The first kappa shape index (κ1) is 15.1. The molecule has 0 bridgehead atoms. The van der Waals surface area contributed by atoms with Crippen molar-refractivity contribution in [3.8, 4) is 6.07 Å². The zero-order valence-corrected chi connectivity index (χ0v) is 12.8. The standard InChI is InChI=1S/C12H19NSi2.H2O/c1-14(2,3)15(4,5)12-8-6-11(10-13)7-9-12;/h6-9H,1-5H3;1H2. The van der Waals surface area contributed by atoms with Crippen molar-refractivity contribution >= 4 is 20.4 Å². The van der Waals surface area contributed by atoms with E-state index in [1.165, 1.54) is 5.19 Å². The molecule has 0 aromatic heterocycles. The molecule has 2 nitrogen and oxygen atoms in total. The highest BCUT2D eigenvalue weighted by Crippen LogP contribution is 2.18. The normalized spacial score (nSPS) is 11.5. The largest absolute Gasteiger partial charge is 0.412 e. The average molecular weight is 251 g/mol. The molecule has 0 heterocycles. The van der Waals surface area contributed by atoms with Crippen LogP contribution < -0.4 is 5.19 Å². The van der Waals surface area contributed by atoms with E-state index >= 15 is 0 Å². The molecule has 0 aliphatic carbocycles. The molecular weight excluding hydrogens is 230 g/mol. The molecule has 4 heteroatoms. The van der Waals surface area contributed by atoms with Crippen molar-refractivity contribution in [3.63, 3.8) is 0 Å². The number of benzene rings is 1. The summed E-state index contributed by atoms with van der Waals surface area (Å²) in [6.07, 6.45) is 0. The average Bonchev–Trinajstić information content (AvgIpc) is 2.16. The minimum atomic E-state index is -1.29. The molecule has 1 rings (SSSR count). The van der Waals surface area contributed by atoms with E-state index in [1.54, 1.807) is 0 Å². The van der Waals surface area contributed by atoms with E-state index in [1.807, 2.05) is 12.1 Å². The SMILES string of the molecule is C[Si](C)(C)[Si](C)(C)c1ccc(C#N)cc1.O. The van der Waals surface area contributed by atoms with Gasteiger partial charge in [-0.25, -0.2) is 0 Å². The van der Waals surface area contributed by atoms with Gasteiger partial charge in [0.1, 0.15) is 0 Å². The maximum absolute atomic E-state index is 8.76. The fraction of sp³-hybridized carbons (Fsp3) is 0.417. The molecule has 0 aliphatic rings. The van der Waals surface area contributed by atoms with Gasteiger partial charge in [0.25, 0.3) is 0 Å². The number of hydrogen-bond acceptors (Lipinski definition) is 1. The Morgan fingerprint density at radius 1 is 0.938 bits per heavy atom. The molecule has 2 N–H and O–H groups in total. The van der Waals surface area contributed by atoms with Crippen LogP contribution in [0.1, 0.15) is 5.56 Å². The Morgan fingerprint density at radius 2 is 1.38 bits per heavy atom. The Hall–Kier alpha value is -0.896. The highest BCUT2D eigenvalue weighted by Gasteiger charge is 2.37. The van der Waals surface area contributed by atoms with Gasteiger partial charge in [-0.3, -0.25) is 0 Å². The van der Waals surface area contributed by atoms with Gasteiger partial charge in [0.2, 0.25) is 0 Å². The Balaban J connectivity index is 0.00000225. The van der Waals surface area contributed by atoms with Crippen molar-refractivity contribution in [1.82, 2.24) is 0 Å². The lowest BCUT2D eigenvalue weighted by atomic mass is 10.2. The van der Waals surface area contributed by atoms with Crippen molar-refractivity contribution < 1.29 is 5.48 Å². The molecular formula is C12H21NOSi2. The first-order valence-corrected chi connectivity index (χ1v) is 12.8. The molecule has 0 saturated heterocycles. The second-order valence-electron chi connectivity index (χ2n) is 5.56. The highest BCUT2D eigenvalue weighted by atomic mass is 29.3. The van der Waals surface area contributed by atoms with Crippen LogP contribution in [0.3, 0.4) is 0 Å². The predicted molar refractivity (Wildman–Crippen MR) is 75.2 cm³/mol. The van der Waals surface area contributed by atoms with E-state index in [0.29, 0.717) is 0 Å². The van der Waals surface area contributed by atoms with Gasteiger partial charge in [0, 0.05) is 7.59 Å². The van der Waals surface area contributed by atoms with Crippen LogP contribution in [0.25, 0.3) is 0 Å². The van der Waals surface area contributed by atoms with E-state index in [9.17, 15) is 0 Å². The van der Waals surface area contributed by atoms with E-state index < -0.39 is 15.2 Å². The van der Waals surface area contributed by atoms with Gasteiger partial charge < -0.3 is 5.48 Å². The summed E-state index contributed by atoms with van der Waals surface area (Å²) in [4.78, 5) is 0. The van der Waals surface area contributed by atoms with Crippen LogP contribution in [-0.4, -0.2) is 20.7 Å². The van der Waals surface area contributed by atoms with E-state index in [2.05, 4.69) is 50.9 Å². The second kappa shape index (κ2) is 4.96. The van der Waals surface area contributed by atoms with Gasteiger partial charge in [0.05, 0.1) is 19.2 Å². The second-order valence-corrected chi connectivity index (χ2v) is 22.1. The lowest BCUT2D eigenvalue weighted by molar-refractivity contribution is 0.824. The van der Waals surface area contributed by atoms with Gasteiger partial charge in [-0.15, -0.1) is 0 Å². The molecule has 1 aromatic carbocycles.